The van der Waals surface area contributed by atoms with Crippen LogP contribution in [0.5, 0.6) is 0 Å². The number of aliphatic hydroxyl groups excluding tert-OH is 1. The molecule has 0 radical (unpaired) electrons. The van der Waals surface area contributed by atoms with Crippen molar-refractivity contribution in [2.24, 2.45) is 28.6 Å². The van der Waals surface area contributed by atoms with E-state index in [-0.39, 0.29) is 11.5 Å². The van der Waals surface area contributed by atoms with Gasteiger partial charge in [0.05, 0.1) is 17.1 Å². The molecule has 1 aromatic heterocycles. The maximum Gasteiger partial charge on any atom is 0.100 e. The van der Waals surface area contributed by atoms with E-state index in [0.717, 1.165) is 42.5 Å². The van der Waals surface area contributed by atoms with E-state index in [2.05, 4.69) is 59.8 Å². The van der Waals surface area contributed by atoms with E-state index < -0.39 is 0 Å². The van der Waals surface area contributed by atoms with Crippen molar-refractivity contribution < 1.29 is 5.11 Å². The molecule has 152 valence electrons. The van der Waals surface area contributed by atoms with E-state index >= 15 is 0 Å². The Morgan fingerprint density at radius 3 is 2.72 bits per heavy atom. The van der Waals surface area contributed by atoms with E-state index in [0.29, 0.717) is 5.41 Å². The summed E-state index contributed by atoms with van der Waals surface area (Å²) in [5, 5.41) is 10.2. The molecule has 4 aliphatic rings. The Kier molecular flexibility index (Phi) is 3.76. The number of hydrogen-bond acceptors (Lipinski definition) is 2. The molecule has 0 spiro atoms. The lowest BCUT2D eigenvalue weighted by Gasteiger charge is -2.57. The van der Waals surface area contributed by atoms with Crippen LogP contribution in [-0.4, -0.2) is 20.8 Å². The molecule has 1 heterocycles. The highest BCUT2D eigenvalue weighted by atomic mass is 16.3. The van der Waals surface area contributed by atoms with Gasteiger partial charge < -0.3 is 9.67 Å². The van der Waals surface area contributed by atoms with Crippen molar-refractivity contribution in [3.63, 3.8) is 0 Å². The number of hydrogen-bond donors (Lipinski definition) is 1. The second-order valence-electron chi connectivity index (χ2n) is 10.5. The van der Waals surface area contributed by atoms with Gasteiger partial charge >= 0.3 is 0 Å². The van der Waals surface area contributed by atoms with Crippen molar-refractivity contribution in [1.82, 2.24) is 9.55 Å². The molecule has 1 N–H and O–H groups in total. The van der Waals surface area contributed by atoms with Crippen molar-refractivity contribution >= 4 is 16.7 Å². The molecule has 3 unspecified atom stereocenters. The maximum atomic E-state index is 10.2. The van der Waals surface area contributed by atoms with Gasteiger partial charge in [0.15, 0.2) is 0 Å². The van der Waals surface area contributed by atoms with Gasteiger partial charge in [-0.25, -0.2) is 4.98 Å². The van der Waals surface area contributed by atoms with Gasteiger partial charge in [0.25, 0.3) is 0 Å². The third kappa shape index (κ3) is 2.37. The molecule has 2 fully saturated rings. The quantitative estimate of drug-likeness (QED) is 0.626. The summed E-state index contributed by atoms with van der Waals surface area (Å²) in [6.07, 6.45) is 15.0. The first-order valence-electron chi connectivity index (χ1n) is 11.5. The Bertz CT molecular complexity index is 1030. The molecule has 29 heavy (non-hydrogen) atoms. The minimum absolute atomic E-state index is 0.117. The molecule has 4 aliphatic carbocycles. The highest BCUT2D eigenvalue weighted by Gasteiger charge is 2.57. The zero-order valence-corrected chi connectivity index (χ0v) is 17.6. The number of imidazole rings is 1. The lowest BCUT2D eigenvalue weighted by atomic mass is 9.48. The van der Waals surface area contributed by atoms with Crippen LogP contribution in [0.25, 0.3) is 16.7 Å². The van der Waals surface area contributed by atoms with Crippen molar-refractivity contribution in [3.05, 3.63) is 48.3 Å². The molecular weight excluding hydrogens is 356 g/mol. The molecule has 2 aromatic rings. The Morgan fingerprint density at radius 2 is 1.83 bits per heavy atom. The van der Waals surface area contributed by atoms with Crippen LogP contribution < -0.4 is 0 Å². The predicted octanol–water partition coefficient (Wildman–Crippen LogP) is 5.81. The van der Waals surface area contributed by atoms with Crippen molar-refractivity contribution in [2.45, 2.75) is 64.9 Å². The van der Waals surface area contributed by atoms with Gasteiger partial charge in [0, 0.05) is 11.1 Å². The van der Waals surface area contributed by atoms with Crippen LogP contribution in [0.1, 0.15) is 58.8 Å². The van der Waals surface area contributed by atoms with Crippen LogP contribution in [0.15, 0.2) is 48.3 Å². The van der Waals surface area contributed by atoms with Crippen LogP contribution in [0, 0.1) is 28.6 Å². The average molecular weight is 389 g/mol. The first kappa shape index (κ1) is 17.9. The van der Waals surface area contributed by atoms with Gasteiger partial charge in [-0.05, 0) is 80.2 Å². The zero-order valence-electron chi connectivity index (χ0n) is 17.6. The Balaban J connectivity index is 1.36. The molecule has 1 aromatic carbocycles. The van der Waals surface area contributed by atoms with E-state index in [9.17, 15) is 5.11 Å². The normalized spacial score (nSPS) is 41.3. The Hall–Kier alpha value is -1.87. The number of allylic oxidation sites excluding steroid dienone is 3. The number of fused-ring (bicyclic) bond motifs is 6. The highest BCUT2D eigenvalue weighted by molar-refractivity contribution is 5.80. The lowest BCUT2D eigenvalue weighted by molar-refractivity contribution is -0.0249. The summed E-state index contributed by atoms with van der Waals surface area (Å²) < 4.78 is 2.37. The summed E-state index contributed by atoms with van der Waals surface area (Å²) in [5.41, 5.74) is 5.92. The molecule has 0 aliphatic heterocycles. The monoisotopic (exact) mass is 388 g/mol. The van der Waals surface area contributed by atoms with E-state index in [1.165, 1.54) is 36.9 Å². The van der Waals surface area contributed by atoms with Crippen LogP contribution in [0.2, 0.25) is 0 Å². The number of rotatable bonds is 1. The minimum Gasteiger partial charge on any atom is -0.393 e. The summed E-state index contributed by atoms with van der Waals surface area (Å²) in [4.78, 5) is 4.67. The molecular formula is C26H32N2O. The highest BCUT2D eigenvalue weighted by Crippen LogP contribution is 2.65. The standard InChI is InChI=1S/C26H32N2O/c1-25-13-11-18(29)15-17(25)7-8-19-20-9-10-24(26(20,2)14-12-21(19)25)28-16-27-22-5-3-4-6-23(22)28/h3-7,10,16,18-21,29H,8-9,11-15H2,1-2H3/t18-,19?,20?,21?,25+,26+/m1/s1. The summed E-state index contributed by atoms with van der Waals surface area (Å²) in [7, 11) is 0. The molecule has 0 amide bonds. The smallest absolute Gasteiger partial charge is 0.100 e. The number of benzene rings is 1. The second-order valence-corrected chi connectivity index (χ2v) is 10.5. The van der Waals surface area contributed by atoms with Gasteiger partial charge in [-0.2, -0.15) is 0 Å². The summed E-state index contributed by atoms with van der Waals surface area (Å²) in [5.74, 6) is 2.26. The van der Waals surface area contributed by atoms with Crippen LogP contribution >= 0.6 is 0 Å². The van der Waals surface area contributed by atoms with Gasteiger partial charge in [-0.15, -0.1) is 0 Å². The number of para-hydroxylation sites is 2. The van der Waals surface area contributed by atoms with E-state index in [4.69, 9.17) is 0 Å². The third-order valence-corrected chi connectivity index (χ3v) is 9.33. The van der Waals surface area contributed by atoms with Crippen LogP contribution in [0.4, 0.5) is 0 Å². The van der Waals surface area contributed by atoms with E-state index in [1.807, 2.05) is 6.33 Å². The molecule has 2 saturated carbocycles. The third-order valence-electron chi connectivity index (χ3n) is 9.33. The summed E-state index contributed by atoms with van der Waals surface area (Å²) in [6, 6.07) is 8.52. The molecule has 0 saturated heterocycles. The fourth-order valence-corrected chi connectivity index (χ4v) is 7.71. The summed E-state index contributed by atoms with van der Waals surface area (Å²) in [6.45, 7) is 5.03. The molecule has 6 rings (SSSR count). The minimum atomic E-state index is -0.117. The largest absolute Gasteiger partial charge is 0.393 e. The number of aromatic nitrogens is 2. The topological polar surface area (TPSA) is 38.0 Å². The van der Waals surface area contributed by atoms with Crippen molar-refractivity contribution in [1.29, 1.82) is 0 Å². The number of nitrogens with zero attached hydrogens (tertiary/aromatic N) is 2. The predicted molar refractivity (Wildman–Crippen MR) is 117 cm³/mol. The van der Waals surface area contributed by atoms with Gasteiger partial charge in [0.1, 0.15) is 6.33 Å². The van der Waals surface area contributed by atoms with Crippen molar-refractivity contribution in [2.75, 3.05) is 0 Å². The molecule has 3 nitrogen and oxygen atoms in total. The molecule has 3 heteroatoms. The molecule has 0 bridgehead atoms. The fraction of sp³-hybridized carbons (Fsp3) is 0.577. The van der Waals surface area contributed by atoms with E-state index in [1.54, 1.807) is 5.57 Å². The average Bonchev–Trinajstić information content (AvgIpc) is 3.29. The van der Waals surface area contributed by atoms with Gasteiger partial charge in [-0.3, -0.25) is 0 Å². The van der Waals surface area contributed by atoms with Crippen LogP contribution in [0.3, 0.4) is 0 Å². The SMILES string of the molecule is C[C@]12CC[C@@H](O)CC1=CCC1C2CC[C@]2(C)C(n3cnc4ccccc43)=CCC12. The lowest BCUT2D eigenvalue weighted by Crippen LogP contribution is -2.50. The fourth-order valence-electron chi connectivity index (χ4n) is 7.71. The molecule has 6 atom stereocenters. The second kappa shape index (κ2) is 6.07. The van der Waals surface area contributed by atoms with Gasteiger partial charge in [0.2, 0.25) is 0 Å². The Labute approximate surface area is 173 Å². The maximum absolute atomic E-state index is 10.2. The Morgan fingerprint density at radius 1 is 1.00 bits per heavy atom. The number of aliphatic hydroxyl groups is 1. The summed E-state index contributed by atoms with van der Waals surface area (Å²) >= 11 is 0. The van der Waals surface area contributed by atoms with Crippen molar-refractivity contribution in [3.8, 4) is 0 Å². The first-order valence-corrected chi connectivity index (χ1v) is 11.5. The van der Waals surface area contributed by atoms with Crippen LogP contribution in [-0.2, 0) is 0 Å². The van der Waals surface area contributed by atoms with Gasteiger partial charge in [-0.1, -0.05) is 43.7 Å². The zero-order chi connectivity index (χ0) is 19.8. The first-order chi connectivity index (χ1) is 14.0.